The predicted molar refractivity (Wildman–Crippen MR) is 105 cm³/mol. The van der Waals surface area contributed by atoms with E-state index in [4.69, 9.17) is 17.0 Å². The Labute approximate surface area is 164 Å². The Bertz CT molecular complexity index is 790. The maximum absolute atomic E-state index is 4.93. The third-order valence-electron chi connectivity index (χ3n) is 4.39. The van der Waals surface area contributed by atoms with E-state index in [-0.39, 0.29) is 0 Å². The molecule has 0 N–H and O–H groups in total. The first-order valence-electron chi connectivity index (χ1n) is 8.33. The summed E-state index contributed by atoms with van der Waals surface area (Å²) in [5.74, 6) is 0. The van der Waals surface area contributed by atoms with Gasteiger partial charge in [0.05, 0.1) is 0 Å². The minimum atomic E-state index is -0.826. The molecule has 0 aliphatic carbocycles. The number of fused-ring (bicyclic) bond motifs is 1. The van der Waals surface area contributed by atoms with Crippen molar-refractivity contribution in [2.75, 3.05) is 0 Å². The van der Waals surface area contributed by atoms with Crippen molar-refractivity contribution in [3.05, 3.63) is 65.2 Å². The third-order valence-corrected chi connectivity index (χ3v) is 4.39. The fourth-order valence-electron chi connectivity index (χ4n) is 3.19. The van der Waals surface area contributed by atoms with Crippen molar-refractivity contribution >= 4 is 27.8 Å². The summed E-state index contributed by atoms with van der Waals surface area (Å²) in [7, 11) is 9.87. The van der Waals surface area contributed by atoms with Gasteiger partial charge in [0.15, 0.2) is 0 Å². The SMILES string of the molecule is CCCCc1cc2c(-c3ccccc3C)c(C)ccc2[cH-]1.[Cl][Zr][Cl]. The van der Waals surface area contributed by atoms with Crippen LogP contribution in [0.4, 0.5) is 0 Å². The van der Waals surface area contributed by atoms with Crippen LogP contribution in [0.3, 0.4) is 0 Å². The Morgan fingerprint density at radius 3 is 2.38 bits per heavy atom. The number of unbranched alkanes of at least 4 members (excludes halogenated alkanes) is 1. The Balaban J connectivity index is 0.000000647. The number of aryl methyl sites for hydroxylation is 3. The molecule has 0 unspecified atom stereocenters. The number of rotatable bonds is 4. The second kappa shape index (κ2) is 9.86. The zero-order chi connectivity index (χ0) is 17.5. The summed E-state index contributed by atoms with van der Waals surface area (Å²) >= 11 is -0.826. The molecule has 0 nitrogen and oxygen atoms in total. The molecule has 0 aliphatic rings. The number of benzene rings is 2. The molecule has 0 spiro atoms. The number of hydrogen-bond acceptors (Lipinski definition) is 0. The van der Waals surface area contributed by atoms with Gasteiger partial charge in [-0.2, -0.15) is 6.07 Å². The van der Waals surface area contributed by atoms with Crippen LogP contribution in [0.2, 0.25) is 0 Å². The fourth-order valence-corrected chi connectivity index (χ4v) is 3.19. The summed E-state index contributed by atoms with van der Waals surface area (Å²) in [6.07, 6.45) is 3.72. The predicted octanol–water partition coefficient (Wildman–Crippen LogP) is 7.56. The van der Waals surface area contributed by atoms with Gasteiger partial charge in [-0.3, -0.25) is 0 Å². The maximum atomic E-state index is 4.93. The molecule has 0 aliphatic heterocycles. The van der Waals surface area contributed by atoms with E-state index in [9.17, 15) is 0 Å². The van der Waals surface area contributed by atoms with E-state index in [1.165, 1.54) is 57.9 Å². The monoisotopic (exact) mass is 435 g/mol. The molecule has 24 heavy (non-hydrogen) atoms. The van der Waals surface area contributed by atoms with Crippen LogP contribution in [-0.2, 0) is 27.3 Å². The first-order valence-corrected chi connectivity index (χ1v) is 14.7. The van der Waals surface area contributed by atoms with Crippen LogP contribution in [0.5, 0.6) is 0 Å². The molecule has 3 rings (SSSR count). The standard InChI is InChI=1S/C21H23.2ClH.Zr/c1-4-5-9-17-13-18-12-11-16(3)21(20(18)14-17)19-10-7-6-8-15(19)2;;;/h6-8,10-14H,4-5,9H2,1-3H3;2*1H;/q-1;;;+2/p-2. The molecule has 3 aromatic rings. The first kappa shape index (κ1) is 19.8. The van der Waals surface area contributed by atoms with Crippen LogP contribution in [-0.4, -0.2) is 0 Å². The Morgan fingerprint density at radius 1 is 1.00 bits per heavy atom. The van der Waals surface area contributed by atoms with Gasteiger partial charge in [-0.05, 0) is 31.4 Å². The van der Waals surface area contributed by atoms with E-state index in [2.05, 4.69) is 69.3 Å². The molecule has 0 fully saturated rings. The van der Waals surface area contributed by atoms with Crippen molar-refractivity contribution in [1.29, 1.82) is 0 Å². The van der Waals surface area contributed by atoms with Crippen LogP contribution in [0.15, 0.2) is 48.5 Å². The molecular weight excluding hydrogens is 414 g/mol. The fraction of sp³-hybridized carbons (Fsp3) is 0.286. The number of hydrogen-bond donors (Lipinski definition) is 0. The van der Waals surface area contributed by atoms with Gasteiger partial charge in [0.25, 0.3) is 0 Å². The van der Waals surface area contributed by atoms with Crippen molar-refractivity contribution in [3.63, 3.8) is 0 Å². The second-order valence-electron chi connectivity index (χ2n) is 6.11. The van der Waals surface area contributed by atoms with Gasteiger partial charge in [-0.1, -0.05) is 55.2 Å². The van der Waals surface area contributed by atoms with Crippen molar-refractivity contribution in [2.45, 2.75) is 40.0 Å². The Hall–Kier alpha value is -0.487. The minimum absolute atomic E-state index is 0.826. The van der Waals surface area contributed by atoms with Gasteiger partial charge < -0.3 is 0 Å². The summed E-state index contributed by atoms with van der Waals surface area (Å²) in [5, 5.41) is 2.79. The van der Waals surface area contributed by atoms with Crippen LogP contribution >= 0.6 is 17.0 Å². The Morgan fingerprint density at radius 2 is 1.71 bits per heavy atom. The summed E-state index contributed by atoms with van der Waals surface area (Å²) in [4.78, 5) is 0. The quantitative estimate of drug-likeness (QED) is 0.369. The summed E-state index contributed by atoms with van der Waals surface area (Å²) in [5.41, 5.74) is 6.97. The first-order chi connectivity index (χ1) is 11.6. The van der Waals surface area contributed by atoms with Crippen molar-refractivity contribution in [1.82, 2.24) is 0 Å². The van der Waals surface area contributed by atoms with Crippen LogP contribution < -0.4 is 0 Å². The number of halogens is 2. The molecule has 0 heterocycles. The van der Waals surface area contributed by atoms with Crippen LogP contribution in [0, 0.1) is 13.8 Å². The molecule has 0 amide bonds. The third kappa shape index (κ3) is 4.78. The van der Waals surface area contributed by atoms with Gasteiger partial charge in [0, 0.05) is 0 Å². The summed E-state index contributed by atoms with van der Waals surface area (Å²) < 4.78 is 0. The van der Waals surface area contributed by atoms with Crippen molar-refractivity contribution in [2.24, 2.45) is 0 Å². The van der Waals surface area contributed by atoms with E-state index < -0.39 is 20.8 Å². The van der Waals surface area contributed by atoms with Crippen LogP contribution in [0.25, 0.3) is 21.9 Å². The van der Waals surface area contributed by atoms with Crippen molar-refractivity contribution in [3.8, 4) is 11.1 Å². The molecule has 0 atom stereocenters. The molecule has 0 bridgehead atoms. The molecular formula is C21H23Cl2Zr-. The average Bonchev–Trinajstić information content (AvgIpc) is 2.98. The molecule has 0 radical (unpaired) electrons. The van der Waals surface area contributed by atoms with E-state index in [0.29, 0.717) is 0 Å². The van der Waals surface area contributed by atoms with Crippen molar-refractivity contribution < 1.29 is 20.8 Å². The summed E-state index contributed by atoms with van der Waals surface area (Å²) in [6.45, 7) is 6.68. The van der Waals surface area contributed by atoms with Gasteiger partial charge in [-0.15, -0.1) is 34.5 Å². The van der Waals surface area contributed by atoms with Crippen LogP contribution in [0.1, 0.15) is 36.5 Å². The normalized spacial score (nSPS) is 10.4. The molecule has 0 saturated carbocycles. The molecule has 3 heteroatoms. The second-order valence-corrected chi connectivity index (χ2v) is 9.85. The van der Waals surface area contributed by atoms with Gasteiger partial charge in [0.2, 0.25) is 0 Å². The van der Waals surface area contributed by atoms with E-state index >= 15 is 0 Å². The molecule has 0 aromatic heterocycles. The van der Waals surface area contributed by atoms with Gasteiger partial charge >= 0.3 is 37.9 Å². The van der Waals surface area contributed by atoms with E-state index in [1.54, 1.807) is 0 Å². The zero-order valence-corrected chi connectivity index (χ0v) is 18.5. The van der Waals surface area contributed by atoms with E-state index in [0.717, 1.165) is 0 Å². The average molecular weight is 438 g/mol. The van der Waals surface area contributed by atoms with Gasteiger partial charge in [-0.25, -0.2) is 0 Å². The molecule has 126 valence electrons. The summed E-state index contributed by atoms with van der Waals surface area (Å²) in [6, 6.07) is 18.0. The zero-order valence-electron chi connectivity index (χ0n) is 14.5. The van der Waals surface area contributed by atoms with E-state index in [1.807, 2.05) is 0 Å². The Kier molecular flexibility index (Phi) is 8.15. The molecule has 0 saturated heterocycles. The topological polar surface area (TPSA) is 0 Å². The molecule has 3 aromatic carbocycles. The van der Waals surface area contributed by atoms with Gasteiger partial charge in [0.1, 0.15) is 0 Å².